The van der Waals surface area contributed by atoms with Crippen molar-refractivity contribution in [2.75, 3.05) is 0 Å². The molecule has 1 nitrogen and oxygen atoms in total. The standard InChI is InChI=1S/C12H18O/c1-9(2)4-5-11-6-7-12(13)8-10(11)3/h6-9,13H,4-5H2,1-3H3. The van der Waals surface area contributed by atoms with Gasteiger partial charge in [-0.1, -0.05) is 19.9 Å². The Hall–Kier alpha value is -0.980. The Morgan fingerprint density at radius 2 is 2.00 bits per heavy atom. The van der Waals surface area contributed by atoms with Gasteiger partial charge in [-0.3, -0.25) is 0 Å². The largest absolute Gasteiger partial charge is 0.508 e. The van der Waals surface area contributed by atoms with Gasteiger partial charge in [-0.05, 0) is 48.9 Å². The lowest BCUT2D eigenvalue weighted by atomic mass is 9.99. The summed E-state index contributed by atoms with van der Waals surface area (Å²) in [6.07, 6.45) is 2.33. The van der Waals surface area contributed by atoms with Crippen molar-refractivity contribution in [2.24, 2.45) is 5.92 Å². The van der Waals surface area contributed by atoms with Crippen LogP contribution in [0.15, 0.2) is 18.2 Å². The molecule has 0 atom stereocenters. The van der Waals surface area contributed by atoms with Crippen LogP contribution in [0.3, 0.4) is 0 Å². The Kier molecular flexibility index (Phi) is 3.35. The van der Waals surface area contributed by atoms with E-state index in [1.54, 1.807) is 6.07 Å². The molecule has 0 bridgehead atoms. The molecule has 0 radical (unpaired) electrons. The Bertz CT molecular complexity index is 276. The number of rotatable bonds is 3. The second-order valence-corrected chi connectivity index (χ2v) is 4.04. The summed E-state index contributed by atoms with van der Waals surface area (Å²) in [7, 11) is 0. The number of aromatic hydroxyl groups is 1. The number of benzene rings is 1. The topological polar surface area (TPSA) is 20.2 Å². The van der Waals surface area contributed by atoms with Crippen LogP contribution in [-0.4, -0.2) is 5.11 Å². The summed E-state index contributed by atoms with van der Waals surface area (Å²) in [5.74, 6) is 1.11. The average Bonchev–Trinajstić information content (AvgIpc) is 2.02. The molecule has 0 aliphatic heterocycles. The third-order valence-electron chi connectivity index (χ3n) is 2.32. The molecule has 72 valence electrons. The van der Waals surface area contributed by atoms with E-state index in [0.717, 1.165) is 12.3 Å². The zero-order valence-corrected chi connectivity index (χ0v) is 8.67. The van der Waals surface area contributed by atoms with E-state index in [4.69, 9.17) is 0 Å². The van der Waals surface area contributed by atoms with Gasteiger partial charge in [0.15, 0.2) is 0 Å². The first-order valence-electron chi connectivity index (χ1n) is 4.88. The van der Waals surface area contributed by atoms with Crippen LogP contribution in [0.1, 0.15) is 31.4 Å². The highest BCUT2D eigenvalue weighted by atomic mass is 16.3. The Morgan fingerprint density at radius 3 is 2.54 bits per heavy atom. The minimum atomic E-state index is 0.366. The highest BCUT2D eigenvalue weighted by Crippen LogP contribution is 2.18. The normalized spacial score (nSPS) is 10.8. The van der Waals surface area contributed by atoms with Crippen molar-refractivity contribution in [3.63, 3.8) is 0 Å². The average molecular weight is 178 g/mol. The fourth-order valence-corrected chi connectivity index (χ4v) is 1.40. The van der Waals surface area contributed by atoms with Crippen molar-refractivity contribution >= 4 is 0 Å². The second-order valence-electron chi connectivity index (χ2n) is 4.04. The molecule has 0 saturated carbocycles. The van der Waals surface area contributed by atoms with Crippen molar-refractivity contribution in [2.45, 2.75) is 33.6 Å². The number of phenols is 1. The van der Waals surface area contributed by atoms with Crippen LogP contribution < -0.4 is 0 Å². The van der Waals surface area contributed by atoms with E-state index in [-0.39, 0.29) is 0 Å². The van der Waals surface area contributed by atoms with Crippen molar-refractivity contribution in [3.05, 3.63) is 29.3 Å². The molecule has 0 aliphatic carbocycles. The summed E-state index contributed by atoms with van der Waals surface area (Å²) in [5, 5.41) is 9.21. The first kappa shape index (κ1) is 10.1. The van der Waals surface area contributed by atoms with Gasteiger partial charge in [0.2, 0.25) is 0 Å². The summed E-state index contributed by atoms with van der Waals surface area (Å²) in [6, 6.07) is 5.62. The van der Waals surface area contributed by atoms with Crippen LogP contribution in [0.2, 0.25) is 0 Å². The highest BCUT2D eigenvalue weighted by molar-refractivity contribution is 5.33. The monoisotopic (exact) mass is 178 g/mol. The molecule has 0 unspecified atom stereocenters. The predicted molar refractivity (Wildman–Crippen MR) is 56.0 cm³/mol. The van der Waals surface area contributed by atoms with E-state index >= 15 is 0 Å². The summed E-state index contributed by atoms with van der Waals surface area (Å²) < 4.78 is 0. The fraction of sp³-hybridized carbons (Fsp3) is 0.500. The van der Waals surface area contributed by atoms with Crippen molar-refractivity contribution in [1.29, 1.82) is 0 Å². The number of hydrogen-bond donors (Lipinski definition) is 1. The fourth-order valence-electron chi connectivity index (χ4n) is 1.40. The van der Waals surface area contributed by atoms with E-state index in [1.807, 2.05) is 12.1 Å². The molecule has 13 heavy (non-hydrogen) atoms. The maximum absolute atomic E-state index is 9.21. The first-order chi connectivity index (χ1) is 6.09. The van der Waals surface area contributed by atoms with Crippen LogP contribution in [0.4, 0.5) is 0 Å². The van der Waals surface area contributed by atoms with Crippen LogP contribution >= 0.6 is 0 Å². The summed E-state index contributed by atoms with van der Waals surface area (Å²) in [4.78, 5) is 0. The number of phenolic OH excluding ortho intramolecular Hbond substituents is 1. The number of hydrogen-bond acceptors (Lipinski definition) is 1. The van der Waals surface area contributed by atoms with Gasteiger partial charge in [0.1, 0.15) is 5.75 Å². The molecule has 1 aromatic carbocycles. The smallest absolute Gasteiger partial charge is 0.115 e. The van der Waals surface area contributed by atoms with Crippen molar-refractivity contribution < 1.29 is 5.11 Å². The second kappa shape index (κ2) is 4.31. The molecule has 0 aliphatic rings. The lowest BCUT2D eigenvalue weighted by molar-refractivity contribution is 0.474. The Balaban J connectivity index is 2.67. The quantitative estimate of drug-likeness (QED) is 0.753. The van der Waals surface area contributed by atoms with E-state index in [2.05, 4.69) is 20.8 Å². The molecular weight excluding hydrogens is 160 g/mol. The van der Waals surface area contributed by atoms with E-state index in [0.29, 0.717) is 5.75 Å². The van der Waals surface area contributed by atoms with Crippen LogP contribution in [-0.2, 0) is 6.42 Å². The van der Waals surface area contributed by atoms with Gasteiger partial charge in [-0.2, -0.15) is 0 Å². The first-order valence-corrected chi connectivity index (χ1v) is 4.88. The highest BCUT2D eigenvalue weighted by Gasteiger charge is 2.00. The van der Waals surface area contributed by atoms with Gasteiger partial charge in [0.25, 0.3) is 0 Å². The minimum absolute atomic E-state index is 0.366. The van der Waals surface area contributed by atoms with Crippen LogP contribution in [0.25, 0.3) is 0 Å². The van der Waals surface area contributed by atoms with E-state index < -0.39 is 0 Å². The molecule has 1 rings (SSSR count). The van der Waals surface area contributed by atoms with Gasteiger partial charge < -0.3 is 5.11 Å². The third kappa shape index (κ3) is 3.10. The molecule has 0 fully saturated rings. The molecular formula is C12H18O. The minimum Gasteiger partial charge on any atom is -0.508 e. The molecule has 0 heterocycles. The van der Waals surface area contributed by atoms with Crippen LogP contribution in [0, 0.1) is 12.8 Å². The molecule has 1 heteroatoms. The summed E-state index contributed by atoms with van der Waals surface area (Å²) in [6.45, 7) is 6.51. The third-order valence-corrected chi connectivity index (χ3v) is 2.32. The van der Waals surface area contributed by atoms with E-state index in [9.17, 15) is 5.11 Å². The van der Waals surface area contributed by atoms with Gasteiger partial charge in [0.05, 0.1) is 0 Å². The van der Waals surface area contributed by atoms with Crippen molar-refractivity contribution in [3.8, 4) is 5.75 Å². The zero-order valence-electron chi connectivity index (χ0n) is 8.67. The molecule has 0 spiro atoms. The van der Waals surface area contributed by atoms with E-state index in [1.165, 1.54) is 17.5 Å². The van der Waals surface area contributed by atoms with Gasteiger partial charge in [-0.25, -0.2) is 0 Å². The Labute approximate surface area is 80.4 Å². The molecule has 1 N–H and O–H groups in total. The zero-order chi connectivity index (χ0) is 9.84. The maximum atomic E-state index is 9.21. The van der Waals surface area contributed by atoms with Gasteiger partial charge >= 0.3 is 0 Å². The van der Waals surface area contributed by atoms with Gasteiger partial charge in [-0.15, -0.1) is 0 Å². The summed E-state index contributed by atoms with van der Waals surface area (Å²) >= 11 is 0. The molecule has 0 amide bonds. The van der Waals surface area contributed by atoms with Gasteiger partial charge in [0, 0.05) is 0 Å². The molecule has 0 aromatic heterocycles. The lowest BCUT2D eigenvalue weighted by Crippen LogP contribution is -1.94. The molecule has 1 aromatic rings. The molecule has 0 saturated heterocycles. The maximum Gasteiger partial charge on any atom is 0.115 e. The number of aryl methyl sites for hydroxylation is 2. The lowest BCUT2D eigenvalue weighted by Gasteiger charge is -2.07. The Morgan fingerprint density at radius 1 is 1.31 bits per heavy atom. The van der Waals surface area contributed by atoms with Crippen molar-refractivity contribution in [1.82, 2.24) is 0 Å². The predicted octanol–water partition coefficient (Wildman–Crippen LogP) is 3.29. The summed E-state index contributed by atoms with van der Waals surface area (Å²) in [5.41, 5.74) is 2.55. The SMILES string of the molecule is Cc1cc(O)ccc1CCC(C)C. The van der Waals surface area contributed by atoms with Crippen LogP contribution in [0.5, 0.6) is 5.75 Å².